The van der Waals surface area contributed by atoms with Gasteiger partial charge in [0.05, 0.1) is 18.0 Å². The van der Waals surface area contributed by atoms with Crippen LogP contribution in [0, 0.1) is 24.7 Å². The fourth-order valence-corrected chi connectivity index (χ4v) is 2.97. The van der Waals surface area contributed by atoms with Gasteiger partial charge in [-0.25, -0.2) is 26.8 Å². The Labute approximate surface area is 149 Å². The summed E-state index contributed by atoms with van der Waals surface area (Å²) in [5.41, 5.74) is -3.15. The van der Waals surface area contributed by atoms with Crippen LogP contribution in [0.5, 0.6) is 0 Å². The summed E-state index contributed by atoms with van der Waals surface area (Å²) in [5.74, 6) is -0.847. The van der Waals surface area contributed by atoms with Gasteiger partial charge in [-0.05, 0) is 24.4 Å². The smallest absolute Gasteiger partial charge is 0.281 e. The molecule has 2 heterocycles. The summed E-state index contributed by atoms with van der Waals surface area (Å²) in [6.45, 7) is 8.85. The third kappa shape index (κ3) is 2.92. The standard InChI is InChI=1S/C17H10F5N5/c1-6-7-3-8(10(18)4-11(7)27-26-6)12-9(5-23)13(16(19)20)25-15(17(21)22)14(12)24-2/h3-4,12,16-17,23H,1H3,(H,26,27). The van der Waals surface area contributed by atoms with Crippen LogP contribution >= 0.6 is 0 Å². The van der Waals surface area contributed by atoms with E-state index < -0.39 is 47.3 Å². The van der Waals surface area contributed by atoms with Crippen molar-refractivity contribution in [2.75, 3.05) is 0 Å². The van der Waals surface area contributed by atoms with E-state index in [2.05, 4.69) is 20.0 Å². The van der Waals surface area contributed by atoms with Crippen LogP contribution in [0.25, 0.3) is 15.7 Å². The largest absolute Gasteiger partial charge is 0.282 e. The number of aromatic amines is 1. The summed E-state index contributed by atoms with van der Waals surface area (Å²) in [6, 6.07) is 2.25. The van der Waals surface area contributed by atoms with Crippen LogP contribution in [0.3, 0.4) is 0 Å². The second-order valence-corrected chi connectivity index (χ2v) is 5.69. The quantitative estimate of drug-likeness (QED) is 0.464. The molecule has 0 saturated carbocycles. The maximum Gasteiger partial charge on any atom is 0.281 e. The molecule has 0 amide bonds. The van der Waals surface area contributed by atoms with Gasteiger partial charge in [0.1, 0.15) is 17.2 Å². The van der Waals surface area contributed by atoms with Crippen LogP contribution in [0.2, 0.25) is 0 Å². The zero-order valence-corrected chi connectivity index (χ0v) is 13.6. The maximum atomic E-state index is 14.7. The highest BCUT2D eigenvalue weighted by molar-refractivity contribution is 6.11. The average molecular weight is 379 g/mol. The Hall–Kier alpha value is -3.31. The maximum absolute atomic E-state index is 14.7. The summed E-state index contributed by atoms with van der Waals surface area (Å²) in [6.07, 6.45) is -6.62. The SMILES string of the molecule is [C-]#[N+]C1=C(C(F)F)N=C(C(F)F)C(=C=N)C1c1cc2c(C)[nH]nc2cc1F. The molecule has 1 atom stereocenters. The molecule has 0 aliphatic carbocycles. The second kappa shape index (κ2) is 6.78. The van der Waals surface area contributed by atoms with Crippen LogP contribution in [0.4, 0.5) is 22.0 Å². The second-order valence-electron chi connectivity index (χ2n) is 5.69. The number of allylic oxidation sites excluding steroid dienone is 2. The Morgan fingerprint density at radius 1 is 1.26 bits per heavy atom. The van der Waals surface area contributed by atoms with E-state index in [0.717, 1.165) is 6.07 Å². The molecule has 27 heavy (non-hydrogen) atoms. The number of nitrogens with zero attached hydrogens (tertiary/aromatic N) is 3. The number of fused-ring (bicyclic) bond motifs is 1. The zero-order valence-electron chi connectivity index (χ0n) is 13.6. The number of aryl methyl sites for hydroxylation is 1. The van der Waals surface area contributed by atoms with E-state index in [4.69, 9.17) is 12.0 Å². The highest BCUT2D eigenvalue weighted by Gasteiger charge is 2.39. The molecule has 1 unspecified atom stereocenters. The van der Waals surface area contributed by atoms with Crippen LogP contribution in [0.1, 0.15) is 17.2 Å². The third-order valence-electron chi connectivity index (χ3n) is 4.18. The summed E-state index contributed by atoms with van der Waals surface area (Å²) >= 11 is 0. The minimum atomic E-state index is -3.32. The highest BCUT2D eigenvalue weighted by atomic mass is 19.3. The van der Waals surface area contributed by atoms with Gasteiger partial charge < -0.3 is 0 Å². The molecular formula is C17H10F5N5. The summed E-state index contributed by atoms with van der Waals surface area (Å²) < 4.78 is 68.1. The van der Waals surface area contributed by atoms with Crippen molar-refractivity contribution in [3.63, 3.8) is 0 Å². The predicted octanol–water partition coefficient (Wildman–Crippen LogP) is 4.38. The molecule has 1 aliphatic rings. The lowest BCUT2D eigenvalue weighted by atomic mass is 9.82. The van der Waals surface area contributed by atoms with Gasteiger partial charge in [0, 0.05) is 22.7 Å². The highest BCUT2D eigenvalue weighted by Crippen LogP contribution is 2.42. The first-order valence-electron chi connectivity index (χ1n) is 7.50. The van der Waals surface area contributed by atoms with E-state index in [0.29, 0.717) is 11.1 Å². The molecule has 1 aromatic heterocycles. The van der Waals surface area contributed by atoms with Crippen molar-refractivity contribution < 1.29 is 22.0 Å². The summed E-state index contributed by atoms with van der Waals surface area (Å²) in [4.78, 5) is 6.18. The number of H-pyrrole nitrogens is 1. The van der Waals surface area contributed by atoms with Gasteiger partial charge in [-0.2, -0.15) is 5.10 Å². The molecule has 0 fully saturated rings. The number of halogens is 5. The Balaban J connectivity index is 2.36. The van der Waals surface area contributed by atoms with Gasteiger partial charge in [0.2, 0.25) is 5.70 Å². The average Bonchev–Trinajstić information content (AvgIpc) is 2.98. The van der Waals surface area contributed by atoms with Crippen molar-refractivity contribution >= 4 is 22.5 Å². The fourth-order valence-electron chi connectivity index (χ4n) is 2.97. The zero-order chi connectivity index (χ0) is 19.9. The van der Waals surface area contributed by atoms with Crippen LogP contribution in [-0.4, -0.2) is 34.6 Å². The molecule has 0 saturated heterocycles. The molecule has 2 N–H and O–H groups in total. The monoisotopic (exact) mass is 379 g/mol. The van der Waals surface area contributed by atoms with Crippen molar-refractivity contribution in [2.24, 2.45) is 4.99 Å². The van der Waals surface area contributed by atoms with Gasteiger partial charge >= 0.3 is 0 Å². The van der Waals surface area contributed by atoms with Crippen LogP contribution < -0.4 is 0 Å². The van der Waals surface area contributed by atoms with Crippen molar-refractivity contribution in [1.29, 1.82) is 5.41 Å². The molecule has 0 bridgehead atoms. The molecule has 5 nitrogen and oxygen atoms in total. The molecule has 0 spiro atoms. The first-order chi connectivity index (χ1) is 12.8. The van der Waals surface area contributed by atoms with E-state index in [-0.39, 0.29) is 11.1 Å². The third-order valence-corrected chi connectivity index (χ3v) is 4.18. The molecule has 1 aromatic carbocycles. The van der Waals surface area contributed by atoms with Crippen molar-refractivity contribution in [2.45, 2.75) is 25.7 Å². The number of nitrogens with one attached hydrogen (secondary N) is 2. The normalized spacial score (nSPS) is 17.5. The molecule has 3 rings (SSSR count). The van der Waals surface area contributed by atoms with Gasteiger partial charge in [0.25, 0.3) is 12.9 Å². The lowest BCUT2D eigenvalue weighted by molar-refractivity contribution is 0.184. The minimum Gasteiger partial charge on any atom is -0.282 e. The first-order valence-corrected chi connectivity index (χ1v) is 7.50. The van der Waals surface area contributed by atoms with Crippen LogP contribution in [0.15, 0.2) is 34.1 Å². The van der Waals surface area contributed by atoms with Gasteiger partial charge in [-0.1, -0.05) is 0 Å². The topological polar surface area (TPSA) is 69.2 Å². The number of aliphatic imine (C=N–C) groups is 1. The van der Waals surface area contributed by atoms with Crippen molar-refractivity contribution in [3.8, 4) is 0 Å². The van der Waals surface area contributed by atoms with E-state index in [1.54, 1.807) is 12.8 Å². The van der Waals surface area contributed by atoms with Gasteiger partial charge in [-0.3, -0.25) is 15.5 Å². The molecule has 2 aromatic rings. The first kappa shape index (κ1) is 18.5. The van der Waals surface area contributed by atoms with E-state index in [1.165, 1.54) is 6.07 Å². The lowest BCUT2D eigenvalue weighted by Gasteiger charge is -2.25. The number of alkyl halides is 4. The Morgan fingerprint density at radius 2 is 1.96 bits per heavy atom. The molecular weight excluding hydrogens is 369 g/mol. The molecule has 138 valence electrons. The summed E-state index contributed by atoms with van der Waals surface area (Å²) in [5, 5.41) is 14.3. The lowest BCUT2D eigenvalue weighted by Crippen LogP contribution is -2.26. The van der Waals surface area contributed by atoms with Gasteiger partial charge in [-0.15, -0.1) is 0 Å². The summed E-state index contributed by atoms with van der Waals surface area (Å²) in [7, 11) is 0. The Kier molecular flexibility index (Phi) is 4.64. The van der Waals surface area contributed by atoms with Gasteiger partial charge in [0.15, 0.2) is 0 Å². The predicted molar refractivity (Wildman–Crippen MR) is 87.8 cm³/mol. The number of benzene rings is 1. The molecule has 1 aliphatic heterocycles. The van der Waals surface area contributed by atoms with E-state index in [1.807, 2.05) is 0 Å². The number of rotatable bonds is 3. The molecule has 0 radical (unpaired) electrons. The van der Waals surface area contributed by atoms with Crippen molar-refractivity contribution in [3.05, 3.63) is 57.6 Å². The molecule has 10 heteroatoms. The van der Waals surface area contributed by atoms with E-state index in [9.17, 15) is 22.0 Å². The van der Waals surface area contributed by atoms with Crippen molar-refractivity contribution in [1.82, 2.24) is 10.2 Å². The fraction of sp³-hybridized carbons (Fsp3) is 0.235. The minimum absolute atomic E-state index is 0.245. The van der Waals surface area contributed by atoms with E-state index >= 15 is 0 Å². The Morgan fingerprint density at radius 3 is 2.52 bits per heavy atom. The number of hydrogen-bond acceptors (Lipinski definition) is 3. The van der Waals surface area contributed by atoms with Crippen LogP contribution in [-0.2, 0) is 0 Å². The number of hydrogen-bond donors (Lipinski definition) is 2. The Bertz CT molecular complexity index is 1080. The number of aromatic nitrogens is 2.